The maximum atomic E-state index is 11.9. The standard InChI is InChI=1S/C18H24N4O/c1-3-7-17(23)19-15-12-14(10-9-13(15)2)18-21-20-16-8-5-4-6-11-22(16)18/h9-10,12H,3-8,11H2,1-2H3,(H,19,23). The highest BCUT2D eigenvalue weighted by molar-refractivity contribution is 5.92. The van der Waals surface area contributed by atoms with Crippen LogP contribution in [0.15, 0.2) is 18.2 Å². The number of nitrogens with zero attached hydrogens (tertiary/aromatic N) is 3. The molecular weight excluding hydrogens is 288 g/mol. The molecule has 3 rings (SSSR count). The van der Waals surface area contributed by atoms with Crippen LogP contribution in [-0.2, 0) is 17.8 Å². The highest BCUT2D eigenvalue weighted by atomic mass is 16.1. The zero-order valence-corrected chi connectivity index (χ0v) is 13.9. The summed E-state index contributed by atoms with van der Waals surface area (Å²) in [5, 5.41) is 11.8. The zero-order chi connectivity index (χ0) is 16.2. The summed E-state index contributed by atoms with van der Waals surface area (Å²) in [6.07, 6.45) is 5.99. The van der Waals surface area contributed by atoms with Gasteiger partial charge in [-0.1, -0.05) is 25.5 Å². The van der Waals surface area contributed by atoms with Gasteiger partial charge in [0.25, 0.3) is 0 Å². The number of amides is 1. The van der Waals surface area contributed by atoms with Gasteiger partial charge >= 0.3 is 0 Å². The second-order valence-corrected chi connectivity index (χ2v) is 6.23. The number of carbonyl (C=O) groups excluding carboxylic acids is 1. The number of hydrogen-bond donors (Lipinski definition) is 1. The van der Waals surface area contributed by atoms with Crippen molar-refractivity contribution in [3.8, 4) is 11.4 Å². The van der Waals surface area contributed by atoms with E-state index in [1.165, 1.54) is 19.3 Å². The third-order valence-corrected chi connectivity index (χ3v) is 4.36. The van der Waals surface area contributed by atoms with Crippen LogP contribution in [0.25, 0.3) is 11.4 Å². The number of carbonyl (C=O) groups is 1. The van der Waals surface area contributed by atoms with Crippen LogP contribution in [0.4, 0.5) is 5.69 Å². The van der Waals surface area contributed by atoms with E-state index in [9.17, 15) is 4.79 Å². The molecule has 1 N–H and O–H groups in total. The van der Waals surface area contributed by atoms with Crippen molar-refractivity contribution < 1.29 is 4.79 Å². The molecular formula is C18H24N4O. The van der Waals surface area contributed by atoms with Gasteiger partial charge in [0.1, 0.15) is 5.82 Å². The summed E-state index contributed by atoms with van der Waals surface area (Å²) in [5.74, 6) is 2.05. The Labute approximate surface area is 137 Å². The number of benzene rings is 1. The molecule has 23 heavy (non-hydrogen) atoms. The number of anilines is 1. The van der Waals surface area contributed by atoms with Crippen LogP contribution in [0.5, 0.6) is 0 Å². The van der Waals surface area contributed by atoms with Crippen LogP contribution in [0.1, 0.15) is 50.4 Å². The van der Waals surface area contributed by atoms with Gasteiger partial charge in [0, 0.05) is 30.6 Å². The molecule has 5 nitrogen and oxygen atoms in total. The van der Waals surface area contributed by atoms with Gasteiger partial charge in [0.2, 0.25) is 5.91 Å². The minimum absolute atomic E-state index is 0.0628. The lowest BCUT2D eigenvalue weighted by atomic mass is 10.1. The van der Waals surface area contributed by atoms with Crippen molar-refractivity contribution in [2.24, 2.45) is 0 Å². The first-order valence-electron chi connectivity index (χ1n) is 8.52. The predicted octanol–water partition coefficient (Wildman–Crippen LogP) is 3.72. The van der Waals surface area contributed by atoms with E-state index >= 15 is 0 Å². The summed E-state index contributed by atoms with van der Waals surface area (Å²) < 4.78 is 2.23. The quantitative estimate of drug-likeness (QED) is 0.936. The van der Waals surface area contributed by atoms with E-state index in [4.69, 9.17) is 0 Å². The second-order valence-electron chi connectivity index (χ2n) is 6.23. The molecule has 0 saturated heterocycles. The summed E-state index contributed by atoms with van der Waals surface area (Å²) in [7, 11) is 0. The number of aryl methyl sites for hydroxylation is 2. The number of rotatable bonds is 4. The maximum Gasteiger partial charge on any atom is 0.224 e. The molecule has 1 aromatic carbocycles. The van der Waals surface area contributed by atoms with Crippen molar-refractivity contribution in [2.75, 3.05) is 5.32 Å². The Balaban J connectivity index is 1.92. The zero-order valence-electron chi connectivity index (χ0n) is 13.9. The molecule has 1 aromatic heterocycles. The van der Waals surface area contributed by atoms with Crippen molar-refractivity contribution in [1.82, 2.24) is 14.8 Å². The van der Waals surface area contributed by atoms with Crippen LogP contribution >= 0.6 is 0 Å². The van der Waals surface area contributed by atoms with Crippen molar-refractivity contribution >= 4 is 11.6 Å². The highest BCUT2D eigenvalue weighted by Gasteiger charge is 2.17. The van der Waals surface area contributed by atoms with E-state index in [-0.39, 0.29) is 5.91 Å². The Hall–Kier alpha value is -2.17. The Morgan fingerprint density at radius 2 is 2.13 bits per heavy atom. The summed E-state index contributed by atoms with van der Waals surface area (Å²) in [5.41, 5.74) is 2.95. The molecule has 0 spiro atoms. The third-order valence-electron chi connectivity index (χ3n) is 4.36. The van der Waals surface area contributed by atoms with E-state index in [0.29, 0.717) is 6.42 Å². The van der Waals surface area contributed by atoms with Crippen LogP contribution in [-0.4, -0.2) is 20.7 Å². The molecule has 122 valence electrons. The van der Waals surface area contributed by atoms with Crippen LogP contribution in [0.3, 0.4) is 0 Å². The van der Waals surface area contributed by atoms with Gasteiger partial charge < -0.3 is 9.88 Å². The van der Waals surface area contributed by atoms with Gasteiger partial charge in [-0.3, -0.25) is 4.79 Å². The SMILES string of the molecule is CCCC(=O)Nc1cc(-c2nnc3n2CCCCC3)ccc1C. The van der Waals surface area contributed by atoms with Crippen LogP contribution in [0.2, 0.25) is 0 Å². The van der Waals surface area contributed by atoms with Crippen molar-refractivity contribution in [3.05, 3.63) is 29.6 Å². The minimum Gasteiger partial charge on any atom is -0.326 e. The van der Waals surface area contributed by atoms with Crippen molar-refractivity contribution in [2.45, 2.75) is 58.9 Å². The largest absolute Gasteiger partial charge is 0.326 e. The molecule has 5 heteroatoms. The smallest absolute Gasteiger partial charge is 0.224 e. The maximum absolute atomic E-state index is 11.9. The summed E-state index contributed by atoms with van der Waals surface area (Å²) in [4.78, 5) is 11.9. The average Bonchev–Trinajstić information content (AvgIpc) is 2.78. The van der Waals surface area contributed by atoms with Crippen molar-refractivity contribution in [3.63, 3.8) is 0 Å². The van der Waals surface area contributed by atoms with E-state index in [2.05, 4.69) is 26.1 Å². The molecule has 1 aliphatic rings. The summed E-state index contributed by atoms with van der Waals surface area (Å²) in [6, 6.07) is 6.12. The number of aromatic nitrogens is 3. The molecule has 0 aliphatic carbocycles. The average molecular weight is 312 g/mol. The normalized spacial score (nSPS) is 14.2. The van der Waals surface area contributed by atoms with Crippen LogP contribution < -0.4 is 5.32 Å². The Morgan fingerprint density at radius 3 is 2.96 bits per heavy atom. The lowest BCUT2D eigenvalue weighted by Crippen LogP contribution is -2.12. The molecule has 1 amide bonds. The Morgan fingerprint density at radius 1 is 1.26 bits per heavy atom. The molecule has 0 bridgehead atoms. The molecule has 0 fully saturated rings. The molecule has 0 saturated carbocycles. The number of nitrogens with one attached hydrogen (secondary N) is 1. The predicted molar refractivity (Wildman–Crippen MR) is 91.3 cm³/mol. The van der Waals surface area contributed by atoms with E-state index in [1.54, 1.807) is 0 Å². The Kier molecular flexibility index (Phi) is 4.74. The minimum atomic E-state index is 0.0628. The molecule has 2 heterocycles. The van der Waals surface area contributed by atoms with E-state index < -0.39 is 0 Å². The number of fused-ring (bicyclic) bond motifs is 1. The van der Waals surface area contributed by atoms with Gasteiger partial charge in [-0.05, 0) is 37.8 Å². The van der Waals surface area contributed by atoms with Gasteiger partial charge in [-0.2, -0.15) is 0 Å². The fraction of sp³-hybridized carbons (Fsp3) is 0.500. The van der Waals surface area contributed by atoms with Gasteiger partial charge in [-0.15, -0.1) is 10.2 Å². The van der Waals surface area contributed by atoms with Gasteiger partial charge in [0.15, 0.2) is 5.82 Å². The third kappa shape index (κ3) is 3.44. The van der Waals surface area contributed by atoms with E-state index in [0.717, 1.165) is 47.8 Å². The summed E-state index contributed by atoms with van der Waals surface area (Å²) in [6.45, 7) is 4.99. The first-order valence-corrected chi connectivity index (χ1v) is 8.52. The molecule has 1 aliphatic heterocycles. The molecule has 0 unspecified atom stereocenters. The van der Waals surface area contributed by atoms with Gasteiger partial charge in [0.05, 0.1) is 0 Å². The lowest BCUT2D eigenvalue weighted by molar-refractivity contribution is -0.116. The topological polar surface area (TPSA) is 59.8 Å². The second kappa shape index (κ2) is 6.94. The monoisotopic (exact) mass is 312 g/mol. The van der Waals surface area contributed by atoms with E-state index in [1.807, 2.05) is 26.0 Å². The molecule has 0 radical (unpaired) electrons. The fourth-order valence-electron chi connectivity index (χ4n) is 3.03. The van der Waals surface area contributed by atoms with Crippen molar-refractivity contribution in [1.29, 1.82) is 0 Å². The number of hydrogen-bond acceptors (Lipinski definition) is 3. The first-order chi connectivity index (χ1) is 11.2. The molecule has 2 aromatic rings. The van der Waals surface area contributed by atoms with Gasteiger partial charge in [-0.25, -0.2) is 0 Å². The highest BCUT2D eigenvalue weighted by Crippen LogP contribution is 2.27. The first kappa shape index (κ1) is 15.7. The fourth-order valence-corrected chi connectivity index (χ4v) is 3.03. The Bertz CT molecular complexity index is 705. The molecule has 0 atom stereocenters. The lowest BCUT2D eigenvalue weighted by Gasteiger charge is -2.11. The summed E-state index contributed by atoms with van der Waals surface area (Å²) >= 11 is 0. The van der Waals surface area contributed by atoms with Crippen LogP contribution in [0, 0.1) is 6.92 Å².